The van der Waals surface area contributed by atoms with Crippen LogP contribution in [0.1, 0.15) is 38.3 Å². The molecule has 0 aromatic heterocycles. The van der Waals surface area contributed by atoms with Gasteiger partial charge < -0.3 is 15.2 Å². The van der Waals surface area contributed by atoms with Gasteiger partial charge in [-0.15, -0.1) is 0 Å². The highest BCUT2D eigenvalue weighted by molar-refractivity contribution is 5.35. The van der Waals surface area contributed by atoms with E-state index in [0.29, 0.717) is 13.2 Å². The van der Waals surface area contributed by atoms with Crippen molar-refractivity contribution in [2.45, 2.75) is 47.1 Å². The van der Waals surface area contributed by atoms with Gasteiger partial charge in [-0.25, -0.2) is 0 Å². The van der Waals surface area contributed by atoms with E-state index >= 15 is 0 Å². The van der Waals surface area contributed by atoms with Crippen molar-refractivity contribution in [1.82, 2.24) is 5.32 Å². The molecule has 0 bridgehead atoms. The largest absolute Gasteiger partial charge is 0.491 e. The molecule has 1 aromatic rings. The fourth-order valence-electron chi connectivity index (χ4n) is 1.81. The smallest absolute Gasteiger partial charge is 0.122 e. The zero-order valence-electron chi connectivity index (χ0n) is 13.5. The Morgan fingerprint density at radius 1 is 1.30 bits per heavy atom. The Morgan fingerprint density at radius 2 is 2.00 bits per heavy atom. The number of ether oxygens (including phenoxy) is 1. The number of aliphatic hydroxyl groups is 1. The minimum absolute atomic E-state index is 0.272. The summed E-state index contributed by atoms with van der Waals surface area (Å²) in [6, 6.07) is 6.11. The summed E-state index contributed by atoms with van der Waals surface area (Å²) in [7, 11) is 0. The quantitative estimate of drug-likeness (QED) is 0.768. The summed E-state index contributed by atoms with van der Waals surface area (Å²) in [6.45, 7) is 12.5. The third-order valence-corrected chi connectivity index (χ3v) is 3.72. The second kappa shape index (κ2) is 7.65. The van der Waals surface area contributed by atoms with Crippen LogP contribution in [0, 0.1) is 19.3 Å². The first-order valence-corrected chi connectivity index (χ1v) is 7.43. The van der Waals surface area contributed by atoms with Crippen molar-refractivity contribution in [2.24, 2.45) is 5.41 Å². The van der Waals surface area contributed by atoms with Crippen LogP contribution in [0.3, 0.4) is 0 Å². The first kappa shape index (κ1) is 17.0. The summed E-state index contributed by atoms with van der Waals surface area (Å²) >= 11 is 0. The van der Waals surface area contributed by atoms with Crippen LogP contribution in [0.2, 0.25) is 0 Å². The van der Waals surface area contributed by atoms with E-state index < -0.39 is 6.10 Å². The van der Waals surface area contributed by atoms with Gasteiger partial charge in [0.15, 0.2) is 0 Å². The predicted molar refractivity (Wildman–Crippen MR) is 84.4 cm³/mol. The summed E-state index contributed by atoms with van der Waals surface area (Å²) in [5, 5.41) is 13.3. The fourth-order valence-corrected chi connectivity index (χ4v) is 1.81. The van der Waals surface area contributed by atoms with Crippen molar-refractivity contribution in [3.05, 3.63) is 29.3 Å². The molecule has 1 aromatic carbocycles. The van der Waals surface area contributed by atoms with E-state index in [1.165, 1.54) is 5.56 Å². The van der Waals surface area contributed by atoms with Crippen LogP contribution < -0.4 is 10.1 Å². The van der Waals surface area contributed by atoms with Gasteiger partial charge in [0.1, 0.15) is 18.5 Å². The van der Waals surface area contributed by atoms with E-state index in [0.717, 1.165) is 24.3 Å². The molecule has 0 heterocycles. The number of hydrogen-bond donors (Lipinski definition) is 2. The average molecular weight is 279 g/mol. The third-order valence-electron chi connectivity index (χ3n) is 3.72. The minimum Gasteiger partial charge on any atom is -0.491 e. The molecule has 0 radical (unpaired) electrons. The average Bonchev–Trinajstić information content (AvgIpc) is 2.39. The van der Waals surface area contributed by atoms with Gasteiger partial charge in [-0.1, -0.05) is 32.9 Å². The summed E-state index contributed by atoms with van der Waals surface area (Å²) in [5.74, 6) is 0.859. The van der Waals surface area contributed by atoms with Crippen LogP contribution >= 0.6 is 0 Å². The Morgan fingerprint density at radius 3 is 2.65 bits per heavy atom. The van der Waals surface area contributed by atoms with Gasteiger partial charge >= 0.3 is 0 Å². The second-order valence-electron chi connectivity index (χ2n) is 6.38. The van der Waals surface area contributed by atoms with Gasteiger partial charge in [-0.05, 0) is 42.9 Å². The van der Waals surface area contributed by atoms with Crippen LogP contribution in [0.15, 0.2) is 18.2 Å². The monoisotopic (exact) mass is 279 g/mol. The second-order valence-corrected chi connectivity index (χ2v) is 6.38. The molecule has 3 nitrogen and oxygen atoms in total. The Balaban J connectivity index is 2.33. The van der Waals surface area contributed by atoms with Gasteiger partial charge in [0.25, 0.3) is 0 Å². The molecule has 0 spiro atoms. The van der Waals surface area contributed by atoms with Crippen LogP contribution in [-0.4, -0.2) is 30.9 Å². The molecular weight excluding hydrogens is 250 g/mol. The van der Waals surface area contributed by atoms with E-state index in [-0.39, 0.29) is 5.41 Å². The number of aliphatic hydroxyl groups excluding tert-OH is 1. The van der Waals surface area contributed by atoms with Gasteiger partial charge in [0.2, 0.25) is 0 Å². The normalized spacial score (nSPS) is 13.3. The molecule has 2 N–H and O–H groups in total. The molecule has 1 unspecified atom stereocenters. The van der Waals surface area contributed by atoms with Crippen LogP contribution in [0.5, 0.6) is 5.75 Å². The highest BCUT2D eigenvalue weighted by Crippen LogP contribution is 2.19. The molecule has 0 fully saturated rings. The van der Waals surface area contributed by atoms with Crippen molar-refractivity contribution in [2.75, 3.05) is 19.7 Å². The molecule has 0 saturated heterocycles. The lowest BCUT2D eigenvalue weighted by atomic mass is 9.90. The molecule has 0 aliphatic heterocycles. The lowest BCUT2D eigenvalue weighted by molar-refractivity contribution is 0.103. The Bertz CT molecular complexity index is 415. The summed E-state index contributed by atoms with van der Waals surface area (Å²) in [4.78, 5) is 0. The number of nitrogens with one attached hydrogen (secondary N) is 1. The zero-order chi connectivity index (χ0) is 15.2. The van der Waals surface area contributed by atoms with Gasteiger partial charge in [0, 0.05) is 13.1 Å². The van der Waals surface area contributed by atoms with Crippen molar-refractivity contribution in [3.63, 3.8) is 0 Å². The van der Waals surface area contributed by atoms with Crippen LogP contribution in [0.4, 0.5) is 0 Å². The molecule has 1 rings (SSSR count). The van der Waals surface area contributed by atoms with Crippen molar-refractivity contribution >= 4 is 0 Å². The molecule has 0 amide bonds. The van der Waals surface area contributed by atoms with Gasteiger partial charge in [-0.3, -0.25) is 0 Å². The third kappa shape index (κ3) is 5.93. The number of benzene rings is 1. The Labute approximate surface area is 123 Å². The summed E-state index contributed by atoms with van der Waals surface area (Å²) in [5.41, 5.74) is 2.54. The van der Waals surface area contributed by atoms with E-state index in [4.69, 9.17) is 4.74 Å². The standard InChI is InChI=1S/C17H29NO2/c1-6-17(4,5)12-18-10-15(19)11-20-16-9-13(2)7-8-14(16)3/h7-9,15,18-19H,6,10-12H2,1-5H3. The summed E-state index contributed by atoms with van der Waals surface area (Å²) < 4.78 is 5.70. The molecule has 114 valence electrons. The first-order valence-electron chi connectivity index (χ1n) is 7.43. The van der Waals surface area contributed by atoms with E-state index in [1.54, 1.807) is 0 Å². The molecule has 0 aliphatic rings. The molecule has 0 aliphatic carbocycles. The maximum Gasteiger partial charge on any atom is 0.122 e. The molecule has 3 heteroatoms. The number of aryl methyl sites for hydroxylation is 2. The summed E-state index contributed by atoms with van der Waals surface area (Å²) in [6.07, 6.45) is 0.636. The number of rotatable bonds is 8. The minimum atomic E-state index is -0.484. The molecule has 20 heavy (non-hydrogen) atoms. The lowest BCUT2D eigenvalue weighted by Gasteiger charge is -2.24. The SMILES string of the molecule is CCC(C)(C)CNCC(O)COc1cc(C)ccc1C. The zero-order valence-corrected chi connectivity index (χ0v) is 13.5. The molecule has 1 atom stereocenters. The van der Waals surface area contributed by atoms with E-state index in [1.807, 2.05) is 26.0 Å². The Hall–Kier alpha value is -1.06. The van der Waals surface area contributed by atoms with Gasteiger partial charge in [-0.2, -0.15) is 0 Å². The Kier molecular flexibility index (Phi) is 6.50. The van der Waals surface area contributed by atoms with Crippen LogP contribution in [-0.2, 0) is 0 Å². The highest BCUT2D eigenvalue weighted by atomic mass is 16.5. The van der Waals surface area contributed by atoms with Crippen molar-refractivity contribution in [3.8, 4) is 5.75 Å². The molecule has 0 saturated carbocycles. The van der Waals surface area contributed by atoms with Crippen molar-refractivity contribution in [1.29, 1.82) is 0 Å². The van der Waals surface area contributed by atoms with Crippen LogP contribution in [0.25, 0.3) is 0 Å². The topological polar surface area (TPSA) is 41.5 Å². The van der Waals surface area contributed by atoms with E-state index in [9.17, 15) is 5.11 Å². The predicted octanol–water partition coefficient (Wildman–Crippen LogP) is 3.07. The number of hydrogen-bond acceptors (Lipinski definition) is 3. The highest BCUT2D eigenvalue weighted by Gasteiger charge is 2.15. The molecular formula is C17H29NO2. The van der Waals surface area contributed by atoms with Gasteiger partial charge in [0.05, 0.1) is 0 Å². The first-order chi connectivity index (χ1) is 9.34. The lowest BCUT2D eigenvalue weighted by Crippen LogP contribution is -2.36. The van der Waals surface area contributed by atoms with Crippen molar-refractivity contribution < 1.29 is 9.84 Å². The fraction of sp³-hybridized carbons (Fsp3) is 0.647. The maximum atomic E-state index is 9.95. The maximum absolute atomic E-state index is 9.95. The van der Waals surface area contributed by atoms with E-state index in [2.05, 4.69) is 32.2 Å².